The molecule has 0 aliphatic carbocycles. The fourth-order valence-electron chi connectivity index (χ4n) is 1.83. The SMILES string of the molecule is O=C(Nc1ccc(Cl)c([N+](=O)[O-])c1)OCC1CCCO1. The number of ether oxygens (including phenoxy) is 2. The number of nitro benzene ring substituents is 1. The van der Waals surface area contributed by atoms with Gasteiger partial charge >= 0.3 is 6.09 Å². The Balaban J connectivity index is 1.90. The van der Waals surface area contributed by atoms with Gasteiger partial charge in [-0.1, -0.05) is 11.6 Å². The Bertz CT molecular complexity index is 517. The number of nitrogens with zero attached hydrogens (tertiary/aromatic N) is 1. The Morgan fingerprint density at radius 1 is 1.60 bits per heavy atom. The summed E-state index contributed by atoms with van der Waals surface area (Å²) in [5.41, 5.74) is -0.0259. The molecule has 0 spiro atoms. The number of amides is 1. The van der Waals surface area contributed by atoms with E-state index in [4.69, 9.17) is 21.1 Å². The number of nitro groups is 1. The molecule has 0 radical (unpaired) electrons. The van der Waals surface area contributed by atoms with E-state index in [-0.39, 0.29) is 29.1 Å². The van der Waals surface area contributed by atoms with E-state index in [0.717, 1.165) is 12.8 Å². The van der Waals surface area contributed by atoms with Crippen LogP contribution in [0.5, 0.6) is 0 Å². The van der Waals surface area contributed by atoms with E-state index in [9.17, 15) is 14.9 Å². The highest BCUT2D eigenvalue weighted by Crippen LogP contribution is 2.27. The van der Waals surface area contributed by atoms with Crippen LogP contribution in [-0.2, 0) is 9.47 Å². The van der Waals surface area contributed by atoms with Crippen LogP contribution in [0.15, 0.2) is 18.2 Å². The molecule has 1 aromatic carbocycles. The van der Waals surface area contributed by atoms with Gasteiger partial charge in [-0.25, -0.2) is 4.79 Å². The highest BCUT2D eigenvalue weighted by molar-refractivity contribution is 6.32. The van der Waals surface area contributed by atoms with E-state index in [1.54, 1.807) is 0 Å². The lowest BCUT2D eigenvalue weighted by Crippen LogP contribution is -2.21. The Labute approximate surface area is 120 Å². The van der Waals surface area contributed by atoms with E-state index in [1.807, 2.05) is 0 Å². The zero-order valence-electron chi connectivity index (χ0n) is 10.5. The van der Waals surface area contributed by atoms with Gasteiger partial charge in [-0.2, -0.15) is 0 Å². The van der Waals surface area contributed by atoms with Gasteiger partial charge in [-0.3, -0.25) is 15.4 Å². The van der Waals surface area contributed by atoms with Crippen molar-refractivity contribution in [2.75, 3.05) is 18.5 Å². The average molecular weight is 301 g/mol. The molecule has 0 bridgehead atoms. The third-order valence-corrected chi connectivity index (χ3v) is 3.13. The standard InChI is InChI=1S/C12H13ClN2O5/c13-10-4-3-8(6-11(10)15(17)18)14-12(16)20-7-9-2-1-5-19-9/h3-4,6,9H,1-2,5,7H2,(H,14,16). The number of rotatable bonds is 4. The molecule has 1 saturated heterocycles. The molecule has 1 amide bonds. The summed E-state index contributed by atoms with van der Waals surface area (Å²) in [6, 6.07) is 3.98. The third kappa shape index (κ3) is 3.82. The maximum absolute atomic E-state index is 11.5. The normalized spacial score (nSPS) is 17.8. The fourth-order valence-corrected chi connectivity index (χ4v) is 2.02. The van der Waals surface area contributed by atoms with E-state index in [2.05, 4.69) is 5.32 Å². The molecule has 1 aliphatic heterocycles. The predicted molar refractivity (Wildman–Crippen MR) is 72.1 cm³/mol. The van der Waals surface area contributed by atoms with Crippen LogP contribution in [0.4, 0.5) is 16.2 Å². The van der Waals surface area contributed by atoms with Gasteiger partial charge in [-0.15, -0.1) is 0 Å². The number of anilines is 1. The van der Waals surface area contributed by atoms with Gasteiger partial charge in [0.05, 0.1) is 16.7 Å². The molecular formula is C12H13ClN2O5. The minimum atomic E-state index is -0.683. The Morgan fingerprint density at radius 2 is 2.40 bits per heavy atom. The number of benzene rings is 1. The summed E-state index contributed by atoms with van der Waals surface area (Å²) in [7, 11) is 0. The van der Waals surface area contributed by atoms with Crippen molar-refractivity contribution < 1.29 is 19.2 Å². The van der Waals surface area contributed by atoms with Gasteiger partial charge in [0.15, 0.2) is 0 Å². The van der Waals surface area contributed by atoms with Crippen LogP contribution in [0.2, 0.25) is 5.02 Å². The van der Waals surface area contributed by atoms with Crippen molar-refractivity contribution in [2.24, 2.45) is 0 Å². The van der Waals surface area contributed by atoms with Crippen molar-refractivity contribution in [3.8, 4) is 0 Å². The van der Waals surface area contributed by atoms with Gasteiger partial charge in [-0.05, 0) is 25.0 Å². The molecule has 7 nitrogen and oxygen atoms in total. The zero-order chi connectivity index (χ0) is 14.5. The quantitative estimate of drug-likeness (QED) is 0.682. The summed E-state index contributed by atoms with van der Waals surface area (Å²) < 4.78 is 10.3. The van der Waals surface area contributed by atoms with Crippen molar-refractivity contribution in [1.82, 2.24) is 0 Å². The first kappa shape index (κ1) is 14.5. The van der Waals surface area contributed by atoms with Crippen LogP contribution < -0.4 is 5.32 Å². The summed E-state index contributed by atoms with van der Waals surface area (Å²) >= 11 is 5.67. The Kier molecular flexibility index (Phi) is 4.75. The predicted octanol–water partition coefficient (Wildman–Crippen LogP) is 2.98. The van der Waals surface area contributed by atoms with Crippen molar-refractivity contribution >= 4 is 29.1 Å². The highest BCUT2D eigenvalue weighted by atomic mass is 35.5. The van der Waals surface area contributed by atoms with Crippen LogP contribution in [0, 0.1) is 10.1 Å². The van der Waals surface area contributed by atoms with E-state index in [0.29, 0.717) is 6.61 Å². The molecule has 20 heavy (non-hydrogen) atoms. The number of nitrogens with one attached hydrogen (secondary N) is 1. The van der Waals surface area contributed by atoms with E-state index >= 15 is 0 Å². The van der Waals surface area contributed by atoms with Gasteiger partial charge in [0.2, 0.25) is 0 Å². The lowest BCUT2D eigenvalue weighted by atomic mass is 10.2. The molecule has 1 heterocycles. The molecule has 1 N–H and O–H groups in total. The largest absolute Gasteiger partial charge is 0.447 e. The van der Waals surface area contributed by atoms with Crippen LogP contribution in [-0.4, -0.2) is 30.3 Å². The smallest absolute Gasteiger partial charge is 0.411 e. The maximum Gasteiger partial charge on any atom is 0.411 e. The summed E-state index contributed by atoms with van der Waals surface area (Å²) in [6.07, 6.45) is 1.07. The maximum atomic E-state index is 11.5. The minimum Gasteiger partial charge on any atom is -0.447 e. The van der Waals surface area contributed by atoms with Crippen molar-refractivity contribution in [1.29, 1.82) is 0 Å². The second-order valence-electron chi connectivity index (χ2n) is 4.28. The third-order valence-electron chi connectivity index (χ3n) is 2.81. The van der Waals surface area contributed by atoms with Crippen molar-refractivity contribution in [3.05, 3.63) is 33.3 Å². The lowest BCUT2D eigenvalue weighted by molar-refractivity contribution is -0.384. The monoisotopic (exact) mass is 300 g/mol. The number of carbonyl (C=O) groups excluding carboxylic acids is 1. The van der Waals surface area contributed by atoms with Crippen molar-refractivity contribution in [3.63, 3.8) is 0 Å². The first-order valence-electron chi connectivity index (χ1n) is 6.05. The van der Waals surface area contributed by atoms with Gasteiger partial charge in [0.1, 0.15) is 11.6 Å². The number of hydrogen-bond acceptors (Lipinski definition) is 5. The second-order valence-corrected chi connectivity index (χ2v) is 4.69. The minimum absolute atomic E-state index is 0.00766. The summed E-state index contributed by atoms with van der Waals surface area (Å²) in [4.78, 5) is 21.6. The zero-order valence-corrected chi connectivity index (χ0v) is 11.3. The number of carbonyl (C=O) groups is 1. The topological polar surface area (TPSA) is 90.7 Å². The van der Waals surface area contributed by atoms with Gasteiger partial charge < -0.3 is 9.47 Å². The van der Waals surface area contributed by atoms with Crippen LogP contribution in [0.1, 0.15) is 12.8 Å². The fraction of sp³-hybridized carbons (Fsp3) is 0.417. The van der Waals surface area contributed by atoms with Gasteiger partial charge in [0.25, 0.3) is 5.69 Å². The summed E-state index contributed by atoms with van der Waals surface area (Å²) in [5, 5.41) is 13.1. The van der Waals surface area contributed by atoms with Crippen LogP contribution in [0.3, 0.4) is 0 Å². The van der Waals surface area contributed by atoms with E-state index < -0.39 is 11.0 Å². The summed E-state index contributed by atoms with van der Waals surface area (Å²) in [6.45, 7) is 0.848. The molecule has 8 heteroatoms. The molecular weight excluding hydrogens is 288 g/mol. The number of hydrogen-bond donors (Lipinski definition) is 1. The molecule has 1 aromatic rings. The van der Waals surface area contributed by atoms with Crippen molar-refractivity contribution in [2.45, 2.75) is 18.9 Å². The lowest BCUT2D eigenvalue weighted by Gasteiger charge is -2.11. The molecule has 1 aliphatic rings. The number of halogens is 1. The molecule has 1 fully saturated rings. The van der Waals surface area contributed by atoms with E-state index in [1.165, 1.54) is 18.2 Å². The first-order valence-corrected chi connectivity index (χ1v) is 6.43. The molecule has 0 saturated carbocycles. The first-order chi connectivity index (χ1) is 9.56. The molecule has 2 rings (SSSR count). The Morgan fingerprint density at radius 3 is 3.05 bits per heavy atom. The van der Waals surface area contributed by atoms with Crippen LogP contribution >= 0.6 is 11.6 Å². The summed E-state index contributed by atoms with van der Waals surface area (Å²) in [5.74, 6) is 0. The van der Waals surface area contributed by atoms with Crippen LogP contribution in [0.25, 0.3) is 0 Å². The molecule has 108 valence electrons. The Hall–Kier alpha value is -1.86. The molecule has 1 atom stereocenters. The van der Waals surface area contributed by atoms with Gasteiger partial charge in [0, 0.05) is 12.7 Å². The highest BCUT2D eigenvalue weighted by Gasteiger charge is 2.18. The molecule has 1 unspecified atom stereocenters. The second kappa shape index (κ2) is 6.53. The average Bonchev–Trinajstić information content (AvgIpc) is 2.91. The molecule has 0 aromatic heterocycles.